The molecule has 0 fully saturated rings. The van der Waals surface area contributed by atoms with Crippen molar-refractivity contribution in [2.45, 2.75) is 0 Å². The number of para-hydroxylation sites is 1. The van der Waals surface area contributed by atoms with Crippen molar-refractivity contribution in [1.82, 2.24) is 5.43 Å². The lowest BCUT2D eigenvalue weighted by Gasteiger charge is -2.21. The lowest BCUT2D eigenvalue weighted by Crippen LogP contribution is -2.39. The Hall–Kier alpha value is -3.67. The molecule has 0 spiro atoms. The molecule has 1 amide bonds. The molecule has 0 aliphatic heterocycles. The Kier molecular flexibility index (Phi) is 7.31. The molecule has 0 heterocycles. The van der Waals surface area contributed by atoms with Crippen LogP contribution >= 0.6 is 0 Å². The van der Waals surface area contributed by atoms with E-state index in [9.17, 15) is 23.3 Å². The zero-order chi connectivity index (χ0) is 22.3. The lowest BCUT2D eigenvalue weighted by molar-refractivity contribution is -0.384. The summed E-state index contributed by atoms with van der Waals surface area (Å²) in [5.41, 5.74) is 2.43. The van der Waals surface area contributed by atoms with E-state index < -0.39 is 27.4 Å². The number of non-ortho nitro benzene ring substituents is 1. The van der Waals surface area contributed by atoms with Gasteiger partial charge in [0.25, 0.3) is 11.6 Å². The van der Waals surface area contributed by atoms with Gasteiger partial charge in [-0.15, -0.1) is 0 Å². The number of sulfonamides is 1. The first-order valence-corrected chi connectivity index (χ1v) is 10.3. The van der Waals surface area contributed by atoms with Crippen molar-refractivity contribution in [3.8, 4) is 11.5 Å². The molecule has 0 radical (unpaired) electrons. The van der Waals surface area contributed by atoms with Gasteiger partial charge < -0.3 is 9.47 Å². The monoisotopic (exact) mass is 436 g/mol. The van der Waals surface area contributed by atoms with Crippen molar-refractivity contribution in [2.24, 2.45) is 5.10 Å². The molecule has 0 saturated heterocycles. The molecule has 11 nitrogen and oxygen atoms in total. The van der Waals surface area contributed by atoms with E-state index in [1.807, 2.05) is 0 Å². The number of nitro benzene ring substituents is 1. The average Bonchev–Trinajstić information content (AvgIpc) is 2.70. The minimum atomic E-state index is -3.89. The third-order valence-electron chi connectivity index (χ3n) is 3.84. The van der Waals surface area contributed by atoms with Crippen LogP contribution in [0.1, 0.15) is 5.56 Å². The summed E-state index contributed by atoms with van der Waals surface area (Å²) in [4.78, 5) is 22.5. The summed E-state index contributed by atoms with van der Waals surface area (Å²) in [7, 11) is -0.955. The molecule has 12 heteroatoms. The number of carbonyl (C=O) groups is 1. The molecule has 0 atom stereocenters. The van der Waals surface area contributed by atoms with Crippen LogP contribution in [0.5, 0.6) is 11.5 Å². The molecule has 2 rings (SSSR count). The summed E-state index contributed by atoms with van der Waals surface area (Å²) in [6.45, 7) is -0.618. The summed E-state index contributed by atoms with van der Waals surface area (Å²) in [5.74, 6) is 0.138. The van der Waals surface area contributed by atoms with E-state index in [0.29, 0.717) is 17.1 Å². The molecule has 0 aliphatic rings. The first kappa shape index (κ1) is 22.6. The maximum Gasteiger partial charge on any atom is 0.271 e. The standard InChI is InChI=1S/C18H20N4O7S/c1-28-16-9-4-6-13(18(16)29-2)11-19-20-17(23)12-21(30(3,26)27)14-7-5-8-15(10-14)22(24)25/h4-11H,12H2,1-3H3,(H,20,23)/b19-11-. The second kappa shape index (κ2) is 9.69. The van der Waals surface area contributed by atoms with Gasteiger partial charge in [0.2, 0.25) is 10.0 Å². The van der Waals surface area contributed by atoms with Gasteiger partial charge in [-0.3, -0.25) is 19.2 Å². The number of carbonyl (C=O) groups excluding carboxylic acids is 1. The zero-order valence-electron chi connectivity index (χ0n) is 16.4. The van der Waals surface area contributed by atoms with Crippen LogP contribution in [0.2, 0.25) is 0 Å². The molecule has 1 N–H and O–H groups in total. The Morgan fingerprint density at radius 2 is 1.93 bits per heavy atom. The third kappa shape index (κ3) is 5.67. The van der Waals surface area contributed by atoms with Gasteiger partial charge in [0.1, 0.15) is 6.54 Å². The van der Waals surface area contributed by atoms with Gasteiger partial charge in [-0.2, -0.15) is 5.10 Å². The van der Waals surface area contributed by atoms with E-state index in [1.165, 1.54) is 38.6 Å². The number of benzene rings is 2. The highest BCUT2D eigenvalue weighted by molar-refractivity contribution is 7.92. The molecule has 0 bridgehead atoms. The van der Waals surface area contributed by atoms with E-state index in [-0.39, 0.29) is 11.4 Å². The van der Waals surface area contributed by atoms with E-state index in [1.54, 1.807) is 18.2 Å². The predicted molar refractivity (Wildman–Crippen MR) is 111 cm³/mol. The fourth-order valence-electron chi connectivity index (χ4n) is 2.51. The van der Waals surface area contributed by atoms with Crippen molar-refractivity contribution in [2.75, 3.05) is 31.3 Å². The van der Waals surface area contributed by atoms with Crippen molar-refractivity contribution in [3.63, 3.8) is 0 Å². The van der Waals surface area contributed by atoms with Gasteiger partial charge in [-0.05, 0) is 18.2 Å². The Bertz CT molecular complexity index is 1070. The number of methoxy groups -OCH3 is 2. The number of amides is 1. The number of hydrazone groups is 1. The Labute approximate surface area is 173 Å². The van der Waals surface area contributed by atoms with Crippen LogP contribution in [-0.2, 0) is 14.8 Å². The minimum absolute atomic E-state index is 0.0136. The predicted octanol–water partition coefficient (Wildman–Crippen LogP) is 1.53. The number of hydrogen-bond acceptors (Lipinski definition) is 8. The molecule has 2 aromatic carbocycles. The van der Waals surface area contributed by atoms with E-state index >= 15 is 0 Å². The summed E-state index contributed by atoms with van der Waals surface area (Å²) in [6, 6.07) is 10.1. The van der Waals surface area contributed by atoms with Crippen LogP contribution in [0, 0.1) is 10.1 Å². The number of nitro groups is 1. The lowest BCUT2D eigenvalue weighted by atomic mass is 10.2. The van der Waals surface area contributed by atoms with Crippen LogP contribution in [-0.4, -0.2) is 52.5 Å². The van der Waals surface area contributed by atoms with Crippen molar-refractivity contribution < 1.29 is 27.6 Å². The van der Waals surface area contributed by atoms with Crippen LogP contribution in [0.3, 0.4) is 0 Å². The average molecular weight is 436 g/mol. The van der Waals surface area contributed by atoms with Crippen molar-refractivity contribution in [3.05, 3.63) is 58.1 Å². The fraction of sp³-hybridized carbons (Fsp3) is 0.222. The highest BCUT2D eigenvalue weighted by atomic mass is 32.2. The Balaban J connectivity index is 2.17. The van der Waals surface area contributed by atoms with Crippen LogP contribution in [0.25, 0.3) is 0 Å². The number of anilines is 1. The molecule has 2 aromatic rings. The Morgan fingerprint density at radius 1 is 1.23 bits per heavy atom. The van der Waals surface area contributed by atoms with Gasteiger partial charge in [-0.1, -0.05) is 12.1 Å². The fourth-order valence-corrected chi connectivity index (χ4v) is 3.36. The molecule has 0 saturated carbocycles. The number of nitrogens with zero attached hydrogens (tertiary/aromatic N) is 3. The molecule has 0 aromatic heterocycles. The quantitative estimate of drug-likeness (QED) is 0.357. The van der Waals surface area contributed by atoms with Crippen LogP contribution in [0.4, 0.5) is 11.4 Å². The van der Waals surface area contributed by atoms with Gasteiger partial charge in [0.05, 0.1) is 37.3 Å². The molecule has 160 valence electrons. The van der Waals surface area contributed by atoms with E-state index in [2.05, 4.69) is 10.5 Å². The highest BCUT2D eigenvalue weighted by Crippen LogP contribution is 2.29. The van der Waals surface area contributed by atoms with Crippen LogP contribution in [0.15, 0.2) is 47.6 Å². The van der Waals surface area contributed by atoms with Crippen molar-refractivity contribution in [1.29, 1.82) is 0 Å². The molecule has 30 heavy (non-hydrogen) atoms. The van der Waals surface area contributed by atoms with Gasteiger partial charge in [-0.25, -0.2) is 13.8 Å². The SMILES string of the molecule is COc1cccc(/C=N\NC(=O)CN(c2cccc([N+](=O)[O-])c2)S(C)(=O)=O)c1OC. The maximum atomic E-state index is 12.2. The minimum Gasteiger partial charge on any atom is -0.493 e. The van der Waals surface area contributed by atoms with E-state index in [0.717, 1.165) is 16.6 Å². The second-order valence-electron chi connectivity index (χ2n) is 5.92. The zero-order valence-corrected chi connectivity index (χ0v) is 17.3. The highest BCUT2D eigenvalue weighted by Gasteiger charge is 2.22. The summed E-state index contributed by atoms with van der Waals surface area (Å²) < 4.78 is 35.4. The van der Waals surface area contributed by atoms with E-state index in [4.69, 9.17) is 9.47 Å². The van der Waals surface area contributed by atoms with Crippen LogP contribution < -0.4 is 19.2 Å². The number of ether oxygens (including phenoxy) is 2. The third-order valence-corrected chi connectivity index (χ3v) is 4.98. The summed E-state index contributed by atoms with van der Waals surface area (Å²) in [6.07, 6.45) is 2.21. The normalized spacial score (nSPS) is 11.2. The number of hydrogen-bond donors (Lipinski definition) is 1. The molecular formula is C18H20N4O7S. The summed E-state index contributed by atoms with van der Waals surface area (Å²) in [5, 5.41) is 14.8. The molecular weight excluding hydrogens is 416 g/mol. The molecule has 0 aliphatic carbocycles. The first-order valence-electron chi connectivity index (χ1n) is 8.42. The smallest absolute Gasteiger partial charge is 0.271 e. The van der Waals surface area contributed by atoms with Gasteiger partial charge in [0.15, 0.2) is 11.5 Å². The first-order chi connectivity index (χ1) is 14.2. The maximum absolute atomic E-state index is 12.2. The number of rotatable bonds is 9. The topological polar surface area (TPSA) is 140 Å². The second-order valence-corrected chi connectivity index (χ2v) is 7.83. The summed E-state index contributed by atoms with van der Waals surface area (Å²) >= 11 is 0. The number of nitrogens with one attached hydrogen (secondary N) is 1. The largest absolute Gasteiger partial charge is 0.493 e. The van der Waals surface area contributed by atoms with Gasteiger partial charge >= 0.3 is 0 Å². The van der Waals surface area contributed by atoms with Gasteiger partial charge in [0, 0.05) is 17.7 Å². The molecule has 0 unspecified atom stereocenters. The Morgan fingerprint density at radius 3 is 2.53 bits per heavy atom. The van der Waals surface area contributed by atoms with Crippen molar-refractivity contribution >= 4 is 33.5 Å².